The lowest BCUT2D eigenvalue weighted by Gasteiger charge is -2.44. The van der Waals surface area contributed by atoms with Gasteiger partial charge < -0.3 is 14.9 Å². The molecule has 0 bridgehead atoms. The van der Waals surface area contributed by atoms with E-state index in [1.54, 1.807) is 17.0 Å². The van der Waals surface area contributed by atoms with Crippen molar-refractivity contribution in [2.24, 2.45) is 0 Å². The lowest BCUT2D eigenvalue weighted by atomic mass is 10.00. The summed E-state index contributed by atoms with van der Waals surface area (Å²) in [6, 6.07) is 19.4. The van der Waals surface area contributed by atoms with Crippen molar-refractivity contribution in [3.8, 4) is 0 Å². The average molecular weight is 564 g/mol. The molecule has 2 aliphatic heterocycles. The largest absolute Gasteiger partial charge is 0.481 e. The summed E-state index contributed by atoms with van der Waals surface area (Å²) in [5.41, 5.74) is 0.850. The van der Waals surface area contributed by atoms with Crippen molar-refractivity contribution in [3.63, 3.8) is 0 Å². The zero-order valence-electron chi connectivity index (χ0n) is 22.3. The highest BCUT2D eigenvalue weighted by molar-refractivity contribution is 7.89. The van der Waals surface area contributed by atoms with Crippen LogP contribution in [-0.4, -0.2) is 76.8 Å². The van der Waals surface area contributed by atoms with E-state index >= 15 is 0 Å². The SMILES string of the molecule is CCCCN1CC2N(C(=O)[C@H](CCC(=O)O)N2S(=O)(=O)c2ccc3ccccc3c2)[C@@H](Cc2ccccc2)C1=O. The van der Waals surface area contributed by atoms with Crippen LogP contribution in [0.5, 0.6) is 0 Å². The number of unbranched alkanes of at least 4 members (excludes halogenated alkanes) is 1. The number of carbonyl (C=O) groups excluding carboxylic acids is 2. The molecule has 3 aromatic carbocycles. The van der Waals surface area contributed by atoms with Crippen molar-refractivity contribution in [2.75, 3.05) is 13.1 Å². The topological polar surface area (TPSA) is 115 Å². The molecule has 3 aromatic rings. The van der Waals surface area contributed by atoms with Gasteiger partial charge in [-0.2, -0.15) is 4.31 Å². The molecule has 0 radical (unpaired) electrons. The first kappa shape index (κ1) is 27.8. The van der Waals surface area contributed by atoms with Gasteiger partial charge in [-0.05, 0) is 41.3 Å². The standard InChI is InChI=1S/C30H33N3O6S/c1-2-3-17-31-20-27-32(26(29(31)36)18-21-9-5-4-6-10-21)30(37)25(15-16-28(34)35)33(27)40(38,39)24-14-13-22-11-7-8-12-23(22)19-24/h4-14,19,25-27H,2-3,15-18,20H2,1H3,(H,34,35)/t25-,26-,27?/m0/s1. The minimum atomic E-state index is -4.25. The number of rotatable bonds is 10. The average Bonchev–Trinajstić information content (AvgIpc) is 3.24. The maximum atomic E-state index is 14.3. The van der Waals surface area contributed by atoms with Crippen LogP contribution in [0.1, 0.15) is 38.2 Å². The number of fused-ring (bicyclic) bond motifs is 2. The summed E-state index contributed by atoms with van der Waals surface area (Å²) in [7, 11) is -4.25. The first-order valence-electron chi connectivity index (χ1n) is 13.6. The Labute approximate surface area is 234 Å². The fourth-order valence-electron chi connectivity index (χ4n) is 5.77. The molecule has 3 atom stereocenters. The van der Waals surface area contributed by atoms with Crippen molar-refractivity contribution in [2.45, 2.75) is 62.2 Å². The molecule has 0 spiro atoms. The predicted molar refractivity (Wildman–Crippen MR) is 150 cm³/mol. The van der Waals surface area contributed by atoms with Gasteiger partial charge in [0.05, 0.1) is 11.4 Å². The minimum Gasteiger partial charge on any atom is -0.481 e. The van der Waals surface area contributed by atoms with Gasteiger partial charge in [-0.25, -0.2) is 8.42 Å². The Bertz CT molecular complexity index is 1530. The number of nitrogens with zero attached hydrogens (tertiary/aromatic N) is 3. The quantitative estimate of drug-likeness (QED) is 0.404. The first-order valence-corrected chi connectivity index (χ1v) is 15.1. The van der Waals surface area contributed by atoms with Crippen LogP contribution in [0.3, 0.4) is 0 Å². The maximum Gasteiger partial charge on any atom is 0.303 e. The second-order valence-electron chi connectivity index (χ2n) is 10.4. The highest BCUT2D eigenvalue weighted by Gasteiger charge is 2.58. The van der Waals surface area contributed by atoms with Crippen LogP contribution >= 0.6 is 0 Å². The number of carboxylic acids is 1. The van der Waals surface area contributed by atoms with Crippen LogP contribution in [0.25, 0.3) is 10.8 Å². The highest BCUT2D eigenvalue weighted by atomic mass is 32.2. The third kappa shape index (κ3) is 5.21. The molecule has 0 saturated carbocycles. The zero-order chi connectivity index (χ0) is 28.4. The molecule has 9 nitrogen and oxygen atoms in total. The van der Waals surface area contributed by atoms with Crippen LogP contribution in [0.4, 0.5) is 0 Å². The molecule has 2 aliphatic rings. The molecular formula is C30H33N3O6S. The number of hydrogen-bond acceptors (Lipinski definition) is 5. The Hall–Kier alpha value is -3.76. The summed E-state index contributed by atoms with van der Waals surface area (Å²) < 4.78 is 29.8. The van der Waals surface area contributed by atoms with Crippen LogP contribution < -0.4 is 0 Å². The normalized spacial score (nSPS) is 21.7. The van der Waals surface area contributed by atoms with Crippen LogP contribution in [0, 0.1) is 0 Å². The van der Waals surface area contributed by atoms with Gasteiger partial charge >= 0.3 is 5.97 Å². The van der Waals surface area contributed by atoms with E-state index in [-0.39, 0.29) is 36.6 Å². The molecule has 2 saturated heterocycles. The fourth-order valence-corrected chi connectivity index (χ4v) is 7.54. The Morgan fingerprint density at radius 3 is 2.33 bits per heavy atom. The number of carboxylic acid groups (broad SMARTS) is 1. The number of hydrogen-bond donors (Lipinski definition) is 1. The van der Waals surface area contributed by atoms with Gasteiger partial charge in [-0.3, -0.25) is 14.4 Å². The Kier molecular flexibility index (Phi) is 7.91. The van der Waals surface area contributed by atoms with Crippen LogP contribution in [0.15, 0.2) is 77.7 Å². The molecule has 5 rings (SSSR count). The van der Waals surface area contributed by atoms with E-state index in [0.29, 0.717) is 6.54 Å². The number of sulfonamides is 1. The molecule has 2 fully saturated rings. The van der Waals surface area contributed by atoms with Crippen molar-refractivity contribution < 1.29 is 27.9 Å². The van der Waals surface area contributed by atoms with Crippen LogP contribution in [-0.2, 0) is 30.8 Å². The summed E-state index contributed by atoms with van der Waals surface area (Å²) in [5.74, 6) is -1.87. The predicted octanol–water partition coefficient (Wildman–Crippen LogP) is 3.49. The van der Waals surface area contributed by atoms with E-state index in [0.717, 1.165) is 29.2 Å². The highest BCUT2D eigenvalue weighted by Crippen LogP contribution is 2.37. The first-order chi connectivity index (χ1) is 19.2. The molecule has 40 heavy (non-hydrogen) atoms. The van der Waals surface area contributed by atoms with Crippen molar-refractivity contribution in [3.05, 3.63) is 78.4 Å². The molecule has 1 N–H and O–H groups in total. The smallest absolute Gasteiger partial charge is 0.303 e. The fraction of sp³-hybridized carbons (Fsp3) is 0.367. The zero-order valence-corrected chi connectivity index (χ0v) is 23.2. The number of amides is 2. The number of benzene rings is 3. The monoisotopic (exact) mass is 563 g/mol. The van der Waals surface area contributed by atoms with Gasteiger partial charge in [0.15, 0.2) is 0 Å². The third-order valence-electron chi connectivity index (χ3n) is 7.76. The van der Waals surface area contributed by atoms with Gasteiger partial charge in [-0.15, -0.1) is 0 Å². The maximum absolute atomic E-state index is 14.3. The molecule has 2 amide bonds. The Balaban J connectivity index is 1.60. The third-order valence-corrected chi connectivity index (χ3v) is 9.66. The van der Waals surface area contributed by atoms with E-state index in [2.05, 4.69) is 0 Å². The van der Waals surface area contributed by atoms with E-state index < -0.39 is 40.1 Å². The summed E-state index contributed by atoms with van der Waals surface area (Å²) in [6.07, 6.45) is 0.323. The van der Waals surface area contributed by atoms with Gasteiger partial charge in [0, 0.05) is 19.4 Å². The van der Waals surface area contributed by atoms with Gasteiger partial charge in [0.1, 0.15) is 18.2 Å². The Morgan fingerprint density at radius 2 is 1.62 bits per heavy atom. The molecule has 1 unspecified atom stereocenters. The van der Waals surface area contributed by atoms with Gasteiger partial charge in [0.2, 0.25) is 21.8 Å². The van der Waals surface area contributed by atoms with Crippen molar-refractivity contribution in [1.82, 2.24) is 14.1 Å². The van der Waals surface area contributed by atoms with E-state index in [1.807, 2.05) is 61.5 Å². The second-order valence-corrected chi connectivity index (χ2v) is 12.2. The summed E-state index contributed by atoms with van der Waals surface area (Å²) in [6.45, 7) is 2.49. The molecule has 10 heteroatoms. The minimum absolute atomic E-state index is 0.0257. The van der Waals surface area contributed by atoms with Gasteiger partial charge in [-0.1, -0.05) is 74.0 Å². The molecule has 0 aromatic heterocycles. The molecule has 210 valence electrons. The number of piperazine rings is 1. The lowest BCUT2D eigenvalue weighted by Crippen LogP contribution is -2.64. The molecule has 2 heterocycles. The van der Waals surface area contributed by atoms with Crippen molar-refractivity contribution >= 4 is 38.6 Å². The van der Waals surface area contributed by atoms with Gasteiger partial charge in [0.25, 0.3) is 0 Å². The summed E-state index contributed by atoms with van der Waals surface area (Å²) >= 11 is 0. The van der Waals surface area contributed by atoms with E-state index in [4.69, 9.17) is 0 Å². The second kappa shape index (κ2) is 11.4. The summed E-state index contributed by atoms with van der Waals surface area (Å²) in [5, 5.41) is 11.0. The summed E-state index contributed by atoms with van der Waals surface area (Å²) in [4.78, 5) is 42.3. The van der Waals surface area contributed by atoms with Crippen LogP contribution in [0.2, 0.25) is 0 Å². The number of aliphatic carboxylic acids is 1. The van der Waals surface area contributed by atoms with Crippen molar-refractivity contribution in [1.29, 1.82) is 0 Å². The molecular weight excluding hydrogens is 530 g/mol. The number of carbonyl (C=O) groups is 3. The Morgan fingerprint density at radius 1 is 0.925 bits per heavy atom. The molecule has 0 aliphatic carbocycles. The lowest BCUT2D eigenvalue weighted by molar-refractivity contribution is -0.152. The van der Waals surface area contributed by atoms with E-state index in [9.17, 15) is 27.9 Å². The van der Waals surface area contributed by atoms with E-state index in [1.165, 1.54) is 15.3 Å².